The molecule has 0 aliphatic carbocycles. The molecule has 0 spiro atoms. The van der Waals surface area contributed by atoms with Crippen LogP contribution in [0.1, 0.15) is 47.2 Å². The summed E-state index contributed by atoms with van der Waals surface area (Å²) in [6.45, 7) is 7.47. The number of carbonyl (C=O) groups excluding carboxylic acids is 2. The zero-order chi connectivity index (χ0) is 16.3. The Morgan fingerprint density at radius 1 is 1.14 bits per heavy atom. The maximum atomic E-state index is 12.7. The first-order valence-corrected chi connectivity index (χ1v) is 7.05. The number of nitrogens with one attached hydrogen (secondary N) is 1. The lowest BCUT2D eigenvalue weighted by atomic mass is 10.1. The summed E-state index contributed by atoms with van der Waals surface area (Å²) in [6.07, 6.45) is 1.42. The van der Waals surface area contributed by atoms with Crippen LogP contribution in [0.25, 0.3) is 0 Å². The van der Waals surface area contributed by atoms with Crippen molar-refractivity contribution in [1.82, 2.24) is 10.4 Å². The van der Waals surface area contributed by atoms with Gasteiger partial charge in [-0.2, -0.15) is 0 Å². The Bertz CT molecular complexity index is 669. The smallest absolute Gasteiger partial charge is 0.305 e. The highest BCUT2D eigenvalue weighted by atomic mass is 16.3. The lowest BCUT2D eigenvalue weighted by Gasteiger charge is -2.35. The highest BCUT2D eigenvalue weighted by Gasteiger charge is 2.30. The molecular formula is C17H20N2O3. The maximum Gasteiger partial charge on any atom is 0.305 e. The van der Waals surface area contributed by atoms with Gasteiger partial charge < -0.3 is 4.42 Å². The Balaban J connectivity index is 2.27. The van der Waals surface area contributed by atoms with Gasteiger partial charge in [-0.15, -0.1) is 0 Å². The van der Waals surface area contributed by atoms with Gasteiger partial charge in [-0.1, -0.05) is 17.7 Å². The first-order valence-electron chi connectivity index (χ1n) is 7.05. The van der Waals surface area contributed by atoms with Crippen LogP contribution < -0.4 is 5.43 Å². The van der Waals surface area contributed by atoms with Crippen LogP contribution in [0.3, 0.4) is 0 Å². The summed E-state index contributed by atoms with van der Waals surface area (Å²) >= 11 is 0. The molecule has 1 heterocycles. The largest absolute Gasteiger partial charge is 0.459 e. The molecule has 1 N–H and O–H groups in total. The molecule has 0 bridgehead atoms. The third-order valence-corrected chi connectivity index (χ3v) is 3.10. The number of hydrogen-bond acceptors (Lipinski definition) is 3. The van der Waals surface area contributed by atoms with Gasteiger partial charge in [0.2, 0.25) is 0 Å². The summed E-state index contributed by atoms with van der Waals surface area (Å²) in [5, 5.41) is 1.33. The summed E-state index contributed by atoms with van der Waals surface area (Å²) in [5.74, 6) is -0.566. The standard InChI is InChI=1S/C17H20N2O3/c1-12-7-5-8-13(11-12)16(21)19(17(2,3)4)18-15(20)14-9-6-10-22-14/h5-11H,1-4H3,(H,18,20). The van der Waals surface area contributed by atoms with Gasteiger partial charge >= 0.3 is 5.91 Å². The second kappa shape index (κ2) is 6.05. The fourth-order valence-electron chi connectivity index (χ4n) is 1.99. The molecule has 0 fully saturated rings. The van der Waals surface area contributed by atoms with Crippen LogP contribution in [-0.4, -0.2) is 22.4 Å². The Morgan fingerprint density at radius 3 is 2.41 bits per heavy atom. The van der Waals surface area contributed by atoms with Crippen molar-refractivity contribution in [3.8, 4) is 0 Å². The number of aryl methyl sites for hydroxylation is 1. The van der Waals surface area contributed by atoms with E-state index in [2.05, 4.69) is 5.43 Å². The molecule has 0 atom stereocenters. The van der Waals surface area contributed by atoms with Crippen molar-refractivity contribution in [1.29, 1.82) is 0 Å². The molecule has 5 heteroatoms. The molecule has 0 aliphatic heterocycles. The van der Waals surface area contributed by atoms with Crippen molar-refractivity contribution in [2.45, 2.75) is 33.2 Å². The van der Waals surface area contributed by atoms with E-state index in [1.807, 2.05) is 39.8 Å². The summed E-state index contributed by atoms with van der Waals surface area (Å²) in [6, 6.07) is 10.4. The summed E-state index contributed by atoms with van der Waals surface area (Å²) < 4.78 is 5.06. The first kappa shape index (κ1) is 15.8. The number of rotatable bonds is 2. The van der Waals surface area contributed by atoms with Crippen LogP contribution >= 0.6 is 0 Å². The number of amides is 2. The minimum absolute atomic E-state index is 0.159. The molecule has 0 saturated heterocycles. The maximum absolute atomic E-state index is 12.7. The van der Waals surface area contributed by atoms with Gasteiger partial charge in [-0.05, 0) is 52.0 Å². The SMILES string of the molecule is Cc1cccc(C(=O)N(NC(=O)c2ccco2)C(C)(C)C)c1. The average Bonchev–Trinajstić information content (AvgIpc) is 2.96. The topological polar surface area (TPSA) is 62.6 Å². The van der Waals surface area contributed by atoms with Crippen LogP contribution in [0.2, 0.25) is 0 Å². The van der Waals surface area contributed by atoms with E-state index in [9.17, 15) is 9.59 Å². The van der Waals surface area contributed by atoms with Gasteiger partial charge in [-0.3, -0.25) is 15.0 Å². The number of benzene rings is 1. The molecule has 22 heavy (non-hydrogen) atoms. The van der Waals surface area contributed by atoms with E-state index in [1.165, 1.54) is 11.3 Å². The summed E-state index contributed by atoms with van der Waals surface area (Å²) in [4.78, 5) is 24.9. The molecule has 2 aromatic rings. The lowest BCUT2D eigenvalue weighted by Crippen LogP contribution is -2.55. The number of hydrazine groups is 1. The van der Waals surface area contributed by atoms with Crippen molar-refractivity contribution in [2.24, 2.45) is 0 Å². The molecule has 0 unspecified atom stereocenters. The first-order chi connectivity index (χ1) is 10.3. The van der Waals surface area contributed by atoms with E-state index in [4.69, 9.17) is 4.42 Å². The summed E-state index contributed by atoms with van der Waals surface area (Å²) in [7, 11) is 0. The number of furan rings is 1. The number of nitrogens with zero attached hydrogens (tertiary/aromatic N) is 1. The van der Waals surface area contributed by atoms with Crippen LogP contribution in [0.15, 0.2) is 47.1 Å². The molecule has 1 aromatic heterocycles. The van der Waals surface area contributed by atoms with Crippen LogP contribution in [0.5, 0.6) is 0 Å². The predicted molar refractivity (Wildman–Crippen MR) is 83.3 cm³/mol. The predicted octanol–water partition coefficient (Wildman–Crippen LogP) is 3.17. The zero-order valence-corrected chi connectivity index (χ0v) is 13.2. The monoisotopic (exact) mass is 300 g/mol. The fourth-order valence-corrected chi connectivity index (χ4v) is 1.99. The van der Waals surface area contributed by atoms with Crippen LogP contribution in [0, 0.1) is 6.92 Å². The number of hydrogen-bond donors (Lipinski definition) is 1. The Hall–Kier alpha value is -2.56. The van der Waals surface area contributed by atoms with Crippen molar-refractivity contribution in [3.63, 3.8) is 0 Å². The Kier molecular flexibility index (Phi) is 4.35. The fraction of sp³-hybridized carbons (Fsp3) is 0.294. The van der Waals surface area contributed by atoms with Gasteiger partial charge in [0.05, 0.1) is 11.8 Å². The molecular weight excluding hydrogens is 280 g/mol. The molecule has 2 amide bonds. The number of carbonyl (C=O) groups is 2. The third kappa shape index (κ3) is 3.55. The third-order valence-electron chi connectivity index (χ3n) is 3.10. The van der Waals surface area contributed by atoms with Gasteiger partial charge in [0.1, 0.15) is 0 Å². The van der Waals surface area contributed by atoms with E-state index in [0.717, 1.165) is 5.56 Å². The molecule has 0 saturated carbocycles. The quantitative estimate of drug-likeness (QED) is 0.866. The van der Waals surface area contributed by atoms with Crippen LogP contribution in [-0.2, 0) is 0 Å². The van der Waals surface area contributed by atoms with E-state index in [-0.39, 0.29) is 11.7 Å². The average molecular weight is 300 g/mol. The molecule has 2 rings (SSSR count). The highest BCUT2D eigenvalue weighted by molar-refractivity contribution is 5.98. The van der Waals surface area contributed by atoms with E-state index in [1.54, 1.807) is 24.3 Å². The van der Waals surface area contributed by atoms with E-state index >= 15 is 0 Å². The molecule has 116 valence electrons. The normalized spacial score (nSPS) is 11.1. The zero-order valence-electron chi connectivity index (χ0n) is 13.2. The van der Waals surface area contributed by atoms with E-state index in [0.29, 0.717) is 5.56 Å². The molecule has 0 radical (unpaired) electrons. The summed E-state index contributed by atoms with van der Waals surface area (Å²) in [5.41, 5.74) is 3.55. The van der Waals surface area contributed by atoms with E-state index < -0.39 is 11.4 Å². The van der Waals surface area contributed by atoms with Gasteiger partial charge in [0.25, 0.3) is 5.91 Å². The highest BCUT2D eigenvalue weighted by Crippen LogP contribution is 2.16. The second-order valence-corrected chi connectivity index (χ2v) is 6.10. The van der Waals surface area contributed by atoms with Gasteiger partial charge in [-0.25, -0.2) is 5.01 Å². The van der Waals surface area contributed by atoms with Gasteiger partial charge in [0, 0.05) is 5.56 Å². The van der Waals surface area contributed by atoms with Crippen LogP contribution in [0.4, 0.5) is 0 Å². The minimum atomic E-state index is -0.580. The van der Waals surface area contributed by atoms with Crippen molar-refractivity contribution >= 4 is 11.8 Å². The lowest BCUT2D eigenvalue weighted by molar-refractivity contribution is 0.0348. The second-order valence-electron chi connectivity index (χ2n) is 6.10. The minimum Gasteiger partial charge on any atom is -0.459 e. The molecule has 0 aliphatic rings. The molecule has 5 nitrogen and oxygen atoms in total. The molecule has 1 aromatic carbocycles. The Morgan fingerprint density at radius 2 is 1.86 bits per heavy atom. The van der Waals surface area contributed by atoms with Crippen molar-refractivity contribution in [3.05, 3.63) is 59.5 Å². The van der Waals surface area contributed by atoms with Crippen molar-refractivity contribution in [2.75, 3.05) is 0 Å². The van der Waals surface area contributed by atoms with Crippen molar-refractivity contribution < 1.29 is 14.0 Å². The Labute approximate surface area is 129 Å². The van der Waals surface area contributed by atoms with Gasteiger partial charge in [0.15, 0.2) is 5.76 Å².